The smallest absolute Gasteiger partial charge is 0.239 e. The Morgan fingerprint density at radius 2 is 2.14 bits per heavy atom. The number of halogens is 1. The van der Waals surface area contributed by atoms with Crippen molar-refractivity contribution in [1.29, 1.82) is 0 Å². The van der Waals surface area contributed by atoms with Gasteiger partial charge in [0.2, 0.25) is 5.16 Å². The van der Waals surface area contributed by atoms with E-state index in [0.717, 1.165) is 6.42 Å². The molecule has 0 aromatic carbocycles. The predicted molar refractivity (Wildman–Crippen MR) is 80.1 cm³/mol. The zero-order chi connectivity index (χ0) is 15.2. The fourth-order valence-electron chi connectivity index (χ4n) is 2.78. The Labute approximate surface area is 126 Å². The summed E-state index contributed by atoms with van der Waals surface area (Å²) >= 11 is 0. The molecule has 0 spiro atoms. The van der Waals surface area contributed by atoms with Crippen LogP contribution in [0.5, 0.6) is 0 Å². The Kier molecular flexibility index (Phi) is 3.59. The lowest BCUT2D eigenvalue weighted by molar-refractivity contribution is 0.289. The summed E-state index contributed by atoms with van der Waals surface area (Å²) in [6.07, 6.45) is 8.33. The van der Waals surface area contributed by atoms with E-state index >= 15 is 0 Å². The van der Waals surface area contributed by atoms with Gasteiger partial charge >= 0.3 is 0 Å². The van der Waals surface area contributed by atoms with Crippen molar-refractivity contribution in [2.24, 2.45) is 5.92 Å². The number of hydrogen-bond acceptors (Lipinski definition) is 3. The first-order chi connectivity index (χ1) is 9.88. The Morgan fingerprint density at radius 1 is 1.38 bits per heavy atom. The molecule has 6 heteroatoms. The lowest BCUT2D eigenvalue weighted by Crippen LogP contribution is -2.23. The SMILES string of the molecule is CC(C)(C)S(=O)c1nc2n(n1)[C@H](C1C=CC=CC1)C[C@@H]2F. The van der Waals surface area contributed by atoms with Crippen molar-refractivity contribution in [3.05, 3.63) is 30.1 Å². The fourth-order valence-corrected chi connectivity index (χ4v) is 3.67. The number of rotatable bonds is 2. The highest BCUT2D eigenvalue weighted by molar-refractivity contribution is 7.86. The molecule has 3 rings (SSSR count). The van der Waals surface area contributed by atoms with Crippen LogP contribution in [0.1, 0.15) is 51.7 Å². The molecule has 0 fully saturated rings. The van der Waals surface area contributed by atoms with Gasteiger partial charge in [-0.15, -0.1) is 5.10 Å². The molecule has 21 heavy (non-hydrogen) atoms. The van der Waals surface area contributed by atoms with Crippen LogP contribution in [0.4, 0.5) is 4.39 Å². The van der Waals surface area contributed by atoms with E-state index < -0.39 is 21.7 Å². The molecule has 0 amide bonds. The third kappa shape index (κ3) is 2.61. The van der Waals surface area contributed by atoms with E-state index in [1.807, 2.05) is 32.9 Å². The van der Waals surface area contributed by atoms with Crippen molar-refractivity contribution in [2.75, 3.05) is 0 Å². The molecule has 114 valence electrons. The van der Waals surface area contributed by atoms with Gasteiger partial charge in [0.05, 0.1) is 16.8 Å². The van der Waals surface area contributed by atoms with Crippen LogP contribution in [-0.4, -0.2) is 23.7 Å². The summed E-state index contributed by atoms with van der Waals surface area (Å²) in [5, 5.41) is 4.62. The average Bonchev–Trinajstić information content (AvgIpc) is 2.99. The molecular weight excluding hydrogens is 289 g/mol. The summed E-state index contributed by atoms with van der Waals surface area (Å²) in [6, 6.07) is -0.0329. The van der Waals surface area contributed by atoms with Crippen LogP contribution in [-0.2, 0) is 10.8 Å². The van der Waals surface area contributed by atoms with Crippen LogP contribution < -0.4 is 0 Å². The fraction of sp³-hybridized carbons (Fsp3) is 0.600. The molecule has 0 saturated heterocycles. The monoisotopic (exact) mass is 309 g/mol. The number of allylic oxidation sites excluding steroid dienone is 4. The van der Waals surface area contributed by atoms with Crippen LogP contribution >= 0.6 is 0 Å². The molecule has 4 atom stereocenters. The Bertz CT molecular complexity index is 629. The maximum absolute atomic E-state index is 14.2. The van der Waals surface area contributed by atoms with Gasteiger partial charge in [0.15, 0.2) is 12.0 Å². The second-order valence-electron chi connectivity index (χ2n) is 6.56. The number of nitrogens with zero attached hydrogens (tertiary/aromatic N) is 3. The van der Waals surface area contributed by atoms with Crippen LogP contribution in [0, 0.1) is 5.92 Å². The molecule has 2 unspecified atom stereocenters. The second kappa shape index (κ2) is 5.16. The zero-order valence-corrected chi connectivity index (χ0v) is 13.3. The number of hydrogen-bond donors (Lipinski definition) is 0. The summed E-state index contributed by atoms with van der Waals surface area (Å²) < 4.78 is 27.8. The lowest BCUT2D eigenvalue weighted by Gasteiger charge is -2.21. The topological polar surface area (TPSA) is 47.8 Å². The van der Waals surface area contributed by atoms with Gasteiger partial charge in [-0.3, -0.25) is 4.21 Å². The van der Waals surface area contributed by atoms with E-state index in [9.17, 15) is 8.60 Å². The molecule has 2 heterocycles. The normalized spacial score (nSPS) is 29.6. The van der Waals surface area contributed by atoms with Gasteiger partial charge in [0.1, 0.15) is 0 Å². The van der Waals surface area contributed by atoms with Crippen molar-refractivity contribution in [1.82, 2.24) is 14.8 Å². The minimum Gasteiger partial charge on any atom is -0.250 e. The summed E-state index contributed by atoms with van der Waals surface area (Å²) in [5.41, 5.74) is 0. The number of fused-ring (bicyclic) bond motifs is 1. The van der Waals surface area contributed by atoms with Gasteiger partial charge in [-0.25, -0.2) is 14.1 Å². The van der Waals surface area contributed by atoms with E-state index in [0.29, 0.717) is 12.2 Å². The van der Waals surface area contributed by atoms with Crippen molar-refractivity contribution >= 4 is 10.8 Å². The summed E-state index contributed by atoms with van der Waals surface area (Å²) in [5.74, 6) is 0.558. The third-order valence-corrected chi connectivity index (χ3v) is 5.53. The standard InChI is InChI=1S/C15H20FN3OS/c1-15(2,3)21(20)14-17-13-11(16)9-12(19(13)18-14)10-7-5-4-6-8-10/h4-7,10-12H,8-9H2,1-3H3/t10?,11-,12-,21?/m0/s1. The van der Waals surface area contributed by atoms with E-state index in [4.69, 9.17) is 0 Å². The van der Waals surface area contributed by atoms with Gasteiger partial charge < -0.3 is 0 Å². The summed E-state index contributed by atoms with van der Waals surface area (Å²) in [7, 11) is -1.33. The Balaban J connectivity index is 1.92. The minimum absolute atomic E-state index is 0.0329. The molecule has 1 aromatic heterocycles. The molecule has 1 aromatic rings. The van der Waals surface area contributed by atoms with Crippen LogP contribution in [0.3, 0.4) is 0 Å². The molecule has 0 N–H and O–H groups in total. The zero-order valence-electron chi connectivity index (χ0n) is 12.5. The first-order valence-corrected chi connectivity index (χ1v) is 8.38. The molecule has 0 radical (unpaired) electrons. The van der Waals surface area contributed by atoms with Crippen molar-refractivity contribution in [3.8, 4) is 0 Å². The van der Waals surface area contributed by atoms with Crippen molar-refractivity contribution in [3.63, 3.8) is 0 Å². The van der Waals surface area contributed by atoms with E-state index in [2.05, 4.69) is 22.2 Å². The molecule has 0 bridgehead atoms. The Hall–Kier alpha value is -1.30. The third-order valence-electron chi connectivity index (χ3n) is 3.91. The highest BCUT2D eigenvalue weighted by Crippen LogP contribution is 2.42. The van der Waals surface area contributed by atoms with Crippen LogP contribution in [0.25, 0.3) is 0 Å². The van der Waals surface area contributed by atoms with Crippen LogP contribution in [0.2, 0.25) is 0 Å². The summed E-state index contributed by atoms with van der Waals surface area (Å²) in [4.78, 5) is 4.22. The number of aromatic nitrogens is 3. The van der Waals surface area contributed by atoms with Gasteiger partial charge in [-0.2, -0.15) is 0 Å². The largest absolute Gasteiger partial charge is 0.250 e. The molecule has 4 nitrogen and oxygen atoms in total. The van der Waals surface area contributed by atoms with E-state index in [1.165, 1.54) is 0 Å². The van der Waals surface area contributed by atoms with Gasteiger partial charge in [0, 0.05) is 17.1 Å². The maximum Gasteiger partial charge on any atom is 0.239 e. The first kappa shape index (κ1) is 14.6. The van der Waals surface area contributed by atoms with Gasteiger partial charge in [-0.05, 0) is 27.2 Å². The van der Waals surface area contributed by atoms with Gasteiger partial charge in [0.25, 0.3) is 0 Å². The van der Waals surface area contributed by atoms with Gasteiger partial charge in [-0.1, -0.05) is 24.3 Å². The average molecular weight is 309 g/mol. The highest BCUT2D eigenvalue weighted by atomic mass is 32.2. The maximum atomic E-state index is 14.2. The molecule has 2 aliphatic rings. The second-order valence-corrected chi connectivity index (χ2v) is 8.69. The van der Waals surface area contributed by atoms with Crippen LogP contribution in [0.15, 0.2) is 29.5 Å². The Morgan fingerprint density at radius 3 is 2.76 bits per heavy atom. The molecule has 1 aliphatic heterocycles. The van der Waals surface area contributed by atoms with E-state index in [1.54, 1.807) is 4.68 Å². The lowest BCUT2D eigenvalue weighted by atomic mass is 9.91. The summed E-state index contributed by atoms with van der Waals surface area (Å²) in [6.45, 7) is 5.61. The number of alkyl halides is 1. The predicted octanol–water partition coefficient (Wildman–Crippen LogP) is 3.27. The molecule has 1 aliphatic carbocycles. The first-order valence-electron chi connectivity index (χ1n) is 7.23. The molecule has 0 saturated carbocycles. The minimum atomic E-state index is -1.33. The quantitative estimate of drug-likeness (QED) is 0.842. The van der Waals surface area contributed by atoms with Crippen molar-refractivity contribution in [2.45, 2.75) is 55.7 Å². The molecular formula is C15H20FN3OS. The van der Waals surface area contributed by atoms with E-state index in [-0.39, 0.29) is 17.1 Å². The van der Waals surface area contributed by atoms with Crippen molar-refractivity contribution < 1.29 is 8.60 Å². The highest BCUT2D eigenvalue weighted by Gasteiger charge is 2.39.